The molecule has 0 aliphatic carbocycles. The number of likely N-dealkylation sites (tertiary alicyclic amines) is 1. The van der Waals surface area contributed by atoms with Gasteiger partial charge in [-0.1, -0.05) is 18.2 Å². The van der Waals surface area contributed by atoms with E-state index in [0.717, 1.165) is 69.0 Å². The molecule has 7 heteroatoms. The number of piperidine rings is 1. The fourth-order valence-corrected chi connectivity index (χ4v) is 4.27. The van der Waals surface area contributed by atoms with Gasteiger partial charge in [-0.25, -0.2) is 4.79 Å². The van der Waals surface area contributed by atoms with E-state index in [0.29, 0.717) is 6.61 Å². The van der Waals surface area contributed by atoms with Crippen molar-refractivity contribution in [1.82, 2.24) is 20.0 Å². The first-order valence-electron chi connectivity index (χ1n) is 10.6. The minimum Gasteiger partial charge on any atom is -0.376 e. The van der Waals surface area contributed by atoms with E-state index in [1.165, 1.54) is 11.3 Å². The number of amides is 2. The molecule has 2 aliphatic heterocycles. The zero-order valence-electron chi connectivity index (χ0n) is 17.4. The van der Waals surface area contributed by atoms with Crippen LogP contribution in [-0.2, 0) is 30.9 Å². The van der Waals surface area contributed by atoms with Crippen molar-refractivity contribution in [1.29, 1.82) is 0 Å². The van der Waals surface area contributed by atoms with Crippen LogP contribution in [-0.4, -0.2) is 46.4 Å². The maximum Gasteiger partial charge on any atom is 0.319 e. The second kappa shape index (κ2) is 8.97. The van der Waals surface area contributed by atoms with Crippen LogP contribution in [0.4, 0.5) is 10.5 Å². The molecule has 1 aromatic heterocycles. The largest absolute Gasteiger partial charge is 0.376 e. The molecule has 0 unspecified atom stereocenters. The summed E-state index contributed by atoms with van der Waals surface area (Å²) in [6.07, 6.45) is 2.86. The number of benzene rings is 1. The number of anilines is 1. The number of hydrogen-bond acceptors (Lipinski definition) is 4. The Kier molecular flexibility index (Phi) is 6.16. The van der Waals surface area contributed by atoms with E-state index in [2.05, 4.69) is 27.1 Å². The first-order chi connectivity index (χ1) is 14.1. The number of ether oxygens (including phenoxy) is 1. The molecule has 0 spiro atoms. The van der Waals surface area contributed by atoms with Gasteiger partial charge in [0.1, 0.15) is 0 Å². The number of rotatable bonds is 5. The second-order valence-electron chi connectivity index (χ2n) is 7.95. The Morgan fingerprint density at radius 3 is 2.83 bits per heavy atom. The third kappa shape index (κ3) is 4.62. The topological polar surface area (TPSA) is 71.4 Å². The summed E-state index contributed by atoms with van der Waals surface area (Å²) >= 11 is 0. The molecule has 7 nitrogen and oxygen atoms in total. The summed E-state index contributed by atoms with van der Waals surface area (Å²) in [5, 5.41) is 10.9. The number of aromatic nitrogens is 2. The zero-order chi connectivity index (χ0) is 20.2. The molecule has 1 fully saturated rings. The van der Waals surface area contributed by atoms with Crippen LogP contribution < -0.4 is 10.6 Å². The minimum atomic E-state index is -0.120. The Hall–Kier alpha value is -2.38. The lowest BCUT2D eigenvalue weighted by atomic mass is 10.0. The maximum atomic E-state index is 12.3. The number of fused-ring (bicyclic) bond motifs is 1. The molecule has 29 heavy (non-hydrogen) atoms. The van der Waals surface area contributed by atoms with Crippen LogP contribution in [0.5, 0.6) is 0 Å². The van der Waals surface area contributed by atoms with Crippen LogP contribution in [0.25, 0.3) is 0 Å². The molecule has 1 saturated heterocycles. The Balaban J connectivity index is 1.28. The second-order valence-corrected chi connectivity index (χ2v) is 7.95. The molecule has 0 bridgehead atoms. The fraction of sp³-hybridized carbons (Fsp3) is 0.545. The average molecular weight is 398 g/mol. The Morgan fingerprint density at radius 1 is 1.28 bits per heavy atom. The number of carbonyl (C=O) groups excluding carboxylic acids is 1. The number of para-hydroxylation sites is 1. The van der Waals surface area contributed by atoms with Crippen LogP contribution in [0.15, 0.2) is 24.3 Å². The summed E-state index contributed by atoms with van der Waals surface area (Å²) in [7, 11) is 0. The molecule has 4 rings (SSSR count). The molecule has 2 N–H and O–H groups in total. The predicted octanol–water partition coefficient (Wildman–Crippen LogP) is 3.07. The van der Waals surface area contributed by atoms with E-state index in [4.69, 9.17) is 9.84 Å². The molecule has 0 radical (unpaired) electrons. The van der Waals surface area contributed by atoms with Crippen molar-refractivity contribution in [3.05, 3.63) is 46.8 Å². The van der Waals surface area contributed by atoms with Crippen LogP contribution in [0, 0.1) is 6.92 Å². The first kappa shape index (κ1) is 19.9. The summed E-state index contributed by atoms with van der Waals surface area (Å²) in [6, 6.07) is 7.92. The van der Waals surface area contributed by atoms with Gasteiger partial charge < -0.3 is 15.4 Å². The van der Waals surface area contributed by atoms with Crippen molar-refractivity contribution in [3.8, 4) is 0 Å². The molecule has 0 saturated carbocycles. The third-order valence-corrected chi connectivity index (χ3v) is 5.97. The van der Waals surface area contributed by atoms with Gasteiger partial charge in [0.05, 0.1) is 18.9 Å². The number of urea groups is 1. The highest BCUT2D eigenvalue weighted by Crippen LogP contribution is 2.23. The van der Waals surface area contributed by atoms with Gasteiger partial charge in [0, 0.05) is 55.6 Å². The molecule has 1 aromatic carbocycles. The van der Waals surface area contributed by atoms with E-state index in [-0.39, 0.29) is 12.1 Å². The molecule has 0 atom stereocenters. The highest BCUT2D eigenvalue weighted by molar-refractivity contribution is 5.90. The number of nitrogens with one attached hydrogen (secondary N) is 2. The predicted molar refractivity (Wildman–Crippen MR) is 113 cm³/mol. The van der Waals surface area contributed by atoms with Crippen molar-refractivity contribution in [3.63, 3.8) is 0 Å². The number of nitrogens with zero attached hydrogens (tertiary/aromatic N) is 3. The lowest BCUT2D eigenvalue weighted by molar-refractivity contribution is 0.107. The molecule has 2 amide bonds. The molecule has 3 heterocycles. The van der Waals surface area contributed by atoms with Crippen LogP contribution in [0.2, 0.25) is 0 Å². The molecular weight excluding hydrogens is 366 g/mol. The van der Waals surface area contributed by atoms with Crippen molar-refractivity contribution < 1.29 is 9.53 Å². The van der Waals surface area contributed by atoms with E-state index in [1.54, 1.807) is 0 Å². The quantitative estimate of drug-likeness (QED) is 0.813. The van der Waals surface area contributed by atoms with E-state index < -0.39 is 0 Å². The van der Waals surface area contributed by atoms with Crippen LogP contribution in [0.3, 0.4) is 0 Å². The number of carbonyl (C=O) groups is 1. The van der Waals surface area contributed by atoms with Crippen LogP contribution in [0.1, 0.15) is 42.3 Å². The molecule has 156 valence electrons. The monoisotopic (exact) mass is 397 g/mol. The Bertz CT molecular complexity index is 855. The standard InChI is InChI=1S/C22H31N5O2/c1-3-27-21-10-13-29-15-18(21)20(25-27)14-26-11-8-17(9-12-26)23-22(28)24-19-7-5-4-6-16(19)2/h4-7,17H,3,8-15H2,1-2H3,(H2,23,24,28). The smallest absolute Gasteiger partial charge is 0.319 e. The summed E-state index contributed by atoms with van der Waals surface area (Å²) in [6.45, 7) is 9.31. The highest BCUT2D eigenvalue weighted by atomic mass is 16.5. The normalized spacial score (nSPS) is 17.7. The van der Waals surface area contributed by atoms with Gasteiger partial charge >= 0.3 is 6.03 Å². The van der Waals surface area contributed by atoms with Gasteiger partial charge in [-0.3, -0.25) is 9.58 Å². The van der Waals surface area contributed by atoms with Gasteiger partial charge in [0.2, 0.25) is 0 Å². The van der Waals surface area contributed by atoms with Crippen molar-refractivity contribution >= 4 is 11.7 Å². The SMILES string of the molecule is CCn1nc(CN2CCC(NC(=O)Nc3ccccc3C)CC2)c2c1CCOC2. The molecule has 2 aliphatic rings. The van der Waals surface area contributed by atoms with E-state index in [9.17, 15) is 4.79 Å². The summed E-state index contributed by atoms with van der Waals surface area (Å²) < 4.78 is 7.81. The minimum absolute atomic E-state index is 0.120. The maximum absolute atomic E-state index is 12.3. The van der Waals surface area contributed by atoms with Crippen molar-refractivity contribution in [2.75, 3.05) is 25.0 Å². The van der Waals surface area contributed by atoms with Crippen LogP contribution >= 0.6 is 0 Å². The number of aryl methyl sites for hydroxylation is 2. The van der Waals surface area contributed by atoms with Gasteiger partial charge in [0.15, 0.2) is 0 Å². The summed E-state index contributed by atoms with van der Waals surface area (Å²) in [5.74, 6) is 0. The molecular formula is C22H31N5O2. The average Bonchev–Trinajstić information content (AvgIpc) is 3.09. The Morgan fingerprint density at radius 2 is 2.07 bits per heavy atom. The van der Waals surface area contributed by atoms with E-state index >= 15 is 0 Å². The highest BCUT2D eigenvalue weighted by Gasteiger charge is 2.25. The zero-order valence-corrected chi connectivity index (χ0v) is 17.4. The van der Waals surface area contributed by atoms with Crippen molar-refractivity contribution in [2.24, 2.45) is 0 Å². The first-order valence-corrected chi connectivity index (χ1v) is 10.6. The Labute approximate surface area is 172 Å². The fourth-order valence-electron chi connectivity index (χ4n) is 4.27. The summed E-state index contributed by atoms with van der Waals surface area (Å²) in [4.78, 5) is 14.8. The molecule has 2 aromatic rings. The lowest BCUT2D eigenvalue weighted by Gasteiger charge is -2.32. The third-order valence-electron chi connectivity index (χ3n) is 5.97. The number of hydrogen-bond donors (Lipinski definition) is 2. The van der Waals surface area contributed by atoms with Gasteiger partial charge in [0.25, 0.3) is 0 Å². The van der Waals surface area contributed by atoms with Gasteiger partial charge in [-0.05, 0) is 38.3 Å². The van der Waals surface area contributed by atoms with Crippen molar-refractivity contribution in [2.45, 2.75) is 58.8 Å². The lowest BCUT2D eigenvalue weighted by Crippen LogP contribution is -2.45. The van der Waals surface area contributed by atoms with Gasteiger partial charge in [-0.15, -0.1) is 0 Å². The van der Waals surface area contributed by atoms with E-state index in [1.807, 2.05) is 31.2 Å². The van der Waals surface area contributed by atoms with Gasteiger partial charge in [-0.2, -0.15) is 5.10 Å². The summed E-state index contributed by atoms with van der Waals surface area (Å²) in [5.41, 5.74) is 5.72.